The molecule has 0 spiro atoms. The van der Waals surface area contributed by atoms with Gasteiger partial charge in [-0.3, -0.25) is 19.1 Å². The van der Waals surface area contributed by atoms with Crippen LogP contribution >= 0.6 is 0 Å². The monoisotopic (exact) mass is 444 g/mol. The summed E-state index contributed by atoms with van der Waals surface area (Å²) in [6, 6.07) is 1.39. The maximum absolute atomic E-state index is 13.2. The van der Waals surface area contributed by atoms with Crippen LogP contribution in [-0.4, -0.2) is 52.8 Å². The second-order valence-corrected chi connectivity index (χ2v) is 7.18. The Bertz CT molecular complexity index is 871. The lowest BCUT2D eigenvalue weighted by Crippen LogP contribution is -2.41. The van der Waals surface area contributed by atoms with Crippen molar-refractivity contribution in [1.82, 2.24) is 5.32 Å². The van der Waals surface area contributed by atoms with Crippen molar-refractivity contribution in [2.75, 3.05) is 31.2 Å². The number of methoxy groups -OCH3 is 2. The Hall–Kier alpha value is -2.90. The topological polar surface area (TPSA) is 128 Å². The van der Waals surface area contributed by atoms with E-state index in [4.69, 9.17) is 0 Å². The highest BCUT2D eigenvalue weighted by molar-refractivity contribution is 7.93. The molecule has 29 heavy (non-hydrogen) atoms. The fraction of sp³-hybridized carbons (Fsp3) is 0.400. The zero-order chi connectivity index (χ0) is 22.4. The number of sulfonamides is 1. The SMILES string of the molecule is COC(=O)C(CNC(=O)CS(=O)(=O)Nc1ccc(F)c(C(F)(F)F)c1)C(=O)OC. The molecule has 14 heteroatoms. The molecule has 0 fully saturated rings. The fourth-order valence-electron chi connectivity index (χ4n) is 2.01. The van der Waals surface area contributed by atoms with Crippen molar-refractivity contribution in [3.63, 3.8) is 0 Å². The zero-order valence-corrected chi connectivity index (χ0v) is 15.8. The summed E-state index contributed by atoms with van der Waals surface area (Å²) in [5, 5.41) is 2.00. The number of rotatable bonds is 8. The van der Waals surface area contributed by atoms with Crippen LogP contribution in [0.4, 0.5) is 23.2 Å². The highest BCUT2D eigenvalue weighted by atomic mass is 32.2. The number of carbonyl (C=O) groups excluding carboxylic acids is 3. The molecule has 0 saturated heterocycles. The van der Waals surface area contributed by atoms with Crippen LogP contribution in [0.1, 0.15) is 5.56 Å². The molecule has 9 nitrogen and oxygen atoms in total. The summed E-state index contributed by atoms with van der Waals surface area (Å²) in [5.41, 5.74) is -2.31. The van der Waals surface area contributed by atoms with E-state index in [-0.39, 0.29) is 6.07 Å². The van der Waals surface area contributed by atoms with Gasteiger partial charge in [-0.15, -0.1) is 0 Å². The number of ether oxygens (including phenoxy) is 2. The molecule has 0 heterocycles. The molecule has 0 unspecified atom stereocenters. The van der Waals surface area contributed by atoms with E-state index < -0.39 is 69.3 Å². The Balaban J connectivity index is 2.81. The fourth-order valence-corrected chi connectivity index (χ4v) is 3.01. The van der Waals surface area contributed by atoms with Crippen LogP contribution in [0.2, 0.25) is 0 Å². The number of halogens is 4. The van der Waals surface area contributed by atoms with Gasteiger partial charge in [-0.05, 0) is 18.2 Å². The largest absolute Gasteiger partial charge is 0.468 e. The molecule has 0 saturated carbocycles. The van der Waals surface area contributed by atoms with Crippen molar-refractivity contribution >= 4 is 33.6 Å². The van der Waals surface area contributed by atoms with Crippen molar-refractivity contribution in [1.29, 1.82) is 0 Å². The minimum Gasteiger partial charge on any atom is -0.468 e. The van der Waals surface area contributed by atoms with Gasteiger partial charge in [-0.2, -0.15) is 13.2 Å². The van der Waals surface area contributed by atoms with E-state index in [1.165, 1.54) is 0 Å². The first-order valence-electron chi connectivity index (χ1n) is 7.60. The van der Waals surface area contributed by atoms with E-state index >= 15 is 0 Å². The second kappa shape index (κ2) is 9.54. The summed E-state index contributed by atoms with van der Waals surface area (Å²) in [7, 11) is -2.54. The Morgan fingerprint density at radius 1 is 1.10 bits per heavy atom. The highest BCUT2D eigenvalue weighted by Crippen LogP contribution is 2.33. The third-order valence-electron chi connectivity index (χ3n) is 3.34. The van der Waals surface area contributed by atoms with Gasteiger partial charge >= 0.3 is 18.1 Å². The Morgan fingerprint density at radius 3 is 2.14 bits per heavy atom. The summed E-state index contributed by atoms with van der Waals surface area (Å²) in [5.74, 6) is -7.64. The van der Waals surface area contributed by atoms with Gasteiger partial charge in [-0.25, -0.2) is 12.8 Å². The normalized spacial score (nSPS) is 11.7. The molecule has 1 rings (SSSR count). The summed E-state index contributed by atoms with van der Waals surface area (Å²) in [6.07, 6.45) is -5.06. The number of anilines is 1. The van der Waals surface area contributed by atoms with Gasteiger partial charge in [0.1, 0.15) is 11.6 Å². The molecule has 1 aromatic carbocycles. The number of esters is 2. The van der Waals surface area contributed by atoms with Gasteiger partial charge in [-0.1, -0.05) is 0 Å². The number of amides is 1. The second-order valence-electron chi connectivity index (χ2n) is 5.46. The molecule has 0 atom stereocenters. The van der Waals surface area contributed by atoms with Crippen LogP contribution in [0.15, 0.2) is 18.2 Å². The van der Waals surface area contributed by atoms with E-state index in [0.717, 1.165) is 20.3 Å². The van der Waals surface area contributed by atoms with Crippen LogP contribution in [0.5, 0.6) is 0 Å². The molecule has 2 N–H and O–H groups in total. The lowest BCUT2D eigenvalue weighted by Gasteiger charge is -2.14. The standard InChI is InChI=1S/C15H16F4N2O7S/c1-27-13(23)9(14(24)28-2)6-20-12(22)7-29(25,26)21-8-3-4-11(16)10(5-8)15(17,18)19/h3-5,9,21H,6-7H2,1-2H3,(H,20,22). The van der Waals surface area contributed by atoms with E-state index in [1.807, 2.05) is 5.32 Å². The summed E-state index contributed by atoms with van der Waals surface area (Å²) in [6.45, 7) is -0.636. The molecule has 0 aliphatic carbocycles. The average Bonchev–Trinajstić information content (AvgIpc) is 2.61. The first-order valence-corrected chi connectivity index (χ1v) is 9.25. The Labute approximate surface area is 162 Å². The molecule has 0 aliphatic heterocycles. The quantitative estimate of drug-likeness (QED) is 0.343. The zero-order valence-electron chi connectivity index (χ0n) is 15.0. The van der Waals surface area contributed by atoms with Crippen LogP contribution in [-0.2, 0) is 40.1 Å². The molecule has 1 aromatic rings. The van der Waals surface area contributed by atoms with Crippen molar-refractivity contribution < 1.29 is 49.8 Å². The molecule has 0 bridgehead atoms. The lowest BCUT2D eigenvalue weighted by molar-refractivity contribution is -0.158. The number of alkyl halides is 3. The molecular formula is C15H16F4N2O7S. The predicted octanol–water partition coefficient (Wildman–Crippen LogP) is 0.665. The van der Waals surface area contributed by atoms with E-state index in [9.17, 15) is 40.4 Å². The van der Waals surface area contributed by atoms with Crippen LogP contribution < -0.4 is 10.0 Å². The molecule has 162 valence electrons. The van der Waals surface area contributed by atoms with Gasteiger partial charge in [0.15, 0.2) is 5.92 Å². The minimum absolute atomic E-state index is 0.231. The molecule has 0 radical (unpaired) electrons. The third kappa shape index (κ3) is 7.21. The van der Waals surface area contributed by atoms with Crippen LogP contribution in [0, 0.1) is 11.7 Å². The smallest absolute Gasteiger partial charge is 0.419 e. The molecular weight excluding hydrogens is 428 g/mol. The maximum atomic E-state index is 13.2. The van der Waals surface area contributed by atoms with Gasteiger partial charge in [0.2, 0.25) is 15.9 Å². The summed E-state index contributed by atoms with van der Waals surface area (Å²) >= 11 is 0. The number of hydrogen-bond acceptors (Lipinski definition) is 7. The van der Waals surface area contributed by atoms with Crippen molar-refractivity contribution in [3.05, 3.63) is 29.6 Å². The third-order valence-corrected chi connectivity index (χ3v) is 4.53. The van der Waals surface area contributed by atoms with Gasteiger partial charge < -0.3 is 14.8 Å². The Kier molecular flexibility index (Phi) is 7.94. The first-order chi connectivity index (χ1) is 13.3. The van der Waals surface area contributed by atoms with E-state index in [0.29, 0.717) is 6.07 Å². The lowest BCUT2D eigenvalue weighted by atomic mass is 10.1. The number of benzene rings is 1. The van der Waals surface area contributed by atoms with Crippen molar-refractivity contribution in [2.24, 2.45) is 5.92 Å². The van der Waals surface area contributed by atoms with Crippen molar-refractivity contribution in [3.8, 4) is 0 Å². The summed E-state index contributed by atoms with van der Waals surface area (Å²) < 4.78 is 85.6. The molecule has 0 aromatic heterocycles. The van der Waals surface area contributed by atoms with Crippen molar-refractivity contribution in [2.45, 2.75) is 6.18 Å². The number of nitrogens with one attached hydrogen (secondary N) is 2. The van der Waals surface area contributed by atoms with E-state index in [1.54, 1.807) is 4.72 Å². The average molecular weight is 444 g/mol. The number of carbonyl (C=O) groups is 3. The van der Waals surface area contributed by atoms with Crippen LogP contribution in [0.25, 0.3) is 0 Å². The van der Waals surface area contributed by atoms with E-state index in [2.05, 4.69) is 9.47 Å². The molecule has 1 amide bonds. The first kappa shape index (κ1) is 24.1. The van der Waals surface area contributed by atoms with Gasteiger partial charge in [0.25, 0.3) is 0 Å². The van der Waals surface area contributed by atoms with Gasteiger partial charge in [0.05, 0.1) is 19.8 Å². The highest BCUT2D eigenvalue weighted by Gasteiger charge is 2.34. The number of hydrogen-bond donors (Lipinski definition) is 2. The van der Waals surface area contributed by atoms with Crippen LogP contribution in [0.3, 0.4) is 0 Å². The summed E-state index contributed by atoms with van der Waals surface area (Å²) in [4.78, 5) is 34.7. The predicted molar refractivity (Wildman–Crippen MR) is 89.3 cm³/mol. The maximum Gasteiger partial charge on any atom is 0.419 e. The minimum atomic E-state index is -5.06. The Morgan fingerprint density at radius 2 is 1.66 bits per heavy atom. The van der Waals surface area contributed by atoms with Gasteiger partial charge in [0, 0.05) is 12.2 Å². The molecule has 0 aliphatic rings.